The molecule has 0 unspecified atom stereocenters. The Labute approximate surface area is 164 Å². The molecule has 0 saturated carbocycles. The molecule has 4 rings (SSSR count). The van der Waals surface area contributed by atoms with E-state index in [-0.39, 0.29) is 0 Å². The first-order valence-corrected chi connectivity index (χ1v) is 9.64. The maximum absolute atomic E-state index is 5.37. The Morgan fingerprint density at radius 1 is 1.07 bits per heavy atom. The van der Waals surface area contributed by atoms with Crippen LogP contribution in [0.1, 0.15) is 25.5 Å². The van der Waals surface area contributed by atoms with E-state index in [1.165, 1.54) is 0 Å². The second kappa shape index (κ2) is 7.92. The lowest BCUT2D eigenvalue weighted by atomic mass is 10.0. The molecule has 3 aromatic rings. The summed E-state index contributed by atoms with van der Waals surface area (Å²) < 4.78 is 12.6. The highest BCUT2D eigenvalue weighted by atomic mass is 16.5. The summed E-state index contributed by atoms with van der Waals surface area (Å²) in [5, 5.41) is 7.98. The van der Waals surface area contributed by atoms with Gasteiger partial charge in [0.2, 0.25) is 0 Å². The molecule has 1 aliphatic rings. The number of aryl methyl sites for hydroxylation is 1. The van der Waals surface area contributed by atoms with E-state index in [0.29, 0.717) is 11.8 Å². The van der Waals surface area contributed by atoms with E-state index in [9.17, 15) is 0 Å². The van der Waals surface area contributed by atoms with Crippen LogP contribution in [0.25, 0.3) is 5.78 Å². The van der Waals surface area contributed by atoms with Crippen molar-refractivity contribution < 1.29 is 9.47 Å². The zero-order valence-corrected chi connectivity index (χ0v) is 16.6. The van der Waals surface area contributed by atoms with Crippen molar-refractivity contribution in [2.45, 2.75) is 32.2 Å². The van der Waals surface area contributed by atoms with E-state index >= 15 is 0 Å². The van der Waals surface area contributed by atoms with Gasteiger partial charge in [-0.25, -0.2) is 4.98 Å². The molecule has 0 aliphatic carbocycles. The van der Waals surface area contributed by atoms with Crippen LogP contribution in [0.5, 0.6) is 11.5 Å². The van der Waals surface area contributed by atoms with Crippen molar-refractivity contribution in [3.8, 4) is 11.5 Å². The molecule has 8 heteroatoms. The first kappa shape index (κ1) is 18.3. The average molecular weight is 382 g/mol. The maximum atomic E-state index is 5.37. The number of nitrogens with zero attached hydrogens (tertiary/aromatic N) is 5. The van der Waals surface area contributed by atoms with E-state index < -0.39 is 0 Å². The van der Waals surface area contributed by atoms with E-state index in [4.69, 9.17) is 9.47 Å². The quantitative estimate of drug-likeness (QED) is 0.702. The first-order chi connectivity index (χ1) is 13.7. The number of rotatable bonds is 6. The molecule has 3 heterocycles. The van der Waals surface area contributed by atoms with Gasteiger partial charge in [0.05, 0.1) is 14.2 Å². The first-order valence-electron chi connectivity index (χ1n) is 9.64. The van der Waals surface area contributed by atoms with Gasteiger partial charge in [0, 0.05) is 54.8 Å². The Morgan fingerprint density at radius 3 is 2.43 bits per heavy atom. The van der Waals surface area contributed by atoms with Gasteiger partial charge < -0.3 is 19.7 Å². The van der Waals surface area contributed by atoms with Gasteiger partial charge in [0.15, 0.2) is 0 Å². The smallest absolute Gasteiger partial charge is 0.254 e. The van der Waals surface area contributed by atoms with E-state index in [2.05, 4.69) is 38.3 Å². The van der Waals surface area contributed by atoms with Crippen LogP contribution in [0, 0.1) is 0 Å². The molecule has 0 atom stereocenters. The van der Waals surface area contributed by atoms with E-state index in [1.807, 2.05) is 22.7 Å². The number of aromatic nitrogens is 4. The Bertz CT molecular complexity index is 927. The second-order valence-corrected chi connectivity index (χ2v) is 6.94. The van der Waals surface area contributed by atoms with Gasteiger partial charge >= 0.3 is 0 Å². The Kier molecular flexibility index (Phi) is 5.18. The summed E-state index contributed by atoms with van der Waals surface area (Å²) in [6.07, 6.45) is 4.50. The molecule has 1 fully saturated rings. The summed E-state index contributed by atoms with van der Waals surface area (Å²) in [4.78, 5) is 11.2. The average Bonchev–Trinajstić information content (AvgIpc) is 3.22. The monoisotopic (exact) mass is 382 g/mol. The van der Waals surface area contributed by atoms with Crippen molar-refractivity contribution in [2.24, 2.45) is 0 Å². The lowest BCUT2D eigenvalue weighted by Gasteiger charge is -2.34. The highest BCUT2D eigenvalue weighted by Gasteiger charge is 2.22. The van der Waals surface area contributed by atoms with Crippen molar-refractivity contribution in [3.63, 3.8) is 0 Å². The van der Waals surface area contributed by atoms with Gasteiger partial charge in [-0.05, 0) is 19.3 Å². The molecule has 28 heavy (non-hydrogen) atoms. The van der Waals surface area contributed by atoms with Crippen molar-refractivity contribution >= 4 is 17.3 Å². The summed E-state index contributed by atoms with van der Waals surface area (Å²) in [6, 6.07) is 8.41. The van der Waals surface area contributed by atoms with Crippen molar-refractivity contribution in [3.05, 3.63) is 36.3 Å². The number of piperidine rings is 1. The highest BCUT2D eigenvalue weighted by Crippen LogP contribution is 2.28. The van der Waals surface area contributed by atoms with Crippen LogP contribution in [0.3, 0.4) is 0 Å². The summed E-state index contributed by atoms with van der Waals surface area (Å²) in [5.41, 5.74) is 2.06. The third-order valence-electron chi connectivity index (χ3n) is 5.19. The molecule has 0 radical (unpaired) electrons. The summed E-state index contributed by atoms with van der Waals surface area (Å²) in [5.74, 6) is 3.31. The minimum atomic E-state index is 0.395. The van der Waals surface area contributed by atoms with Crippen LogP contribution < -0.4 is 19.7 Å². The van der Waals surface area contributed by atoms with E-state index in [0.717, 1.165) is 61.1 Å². The zero-order chi connectivity index (χ0) is 19.5. The van der Waals surface area contributed by atoms with E-state index in [1.54, 1.807) is 20.5 Å². The van der Waals surface area contributed by atoms with Gasteiger partial charge in [-0.1, -0.05) is 6.92 Å². The Hall–Kier alpha value is -3.03. The molecule has 2 aromatic heterocycles. The van der Waals surface area contributed by atoms with Gasteiger partial charge in [-0.15, -0.1) is 0 Å². The van der Waals surface area contributed by atoms with Gasteiger partial charge in [0.25, 0.3) is 5.78 Å². The molecule has 1 N–H and O–H groups in total. The topological polar surface area (TPSA) is 76.8 Å². The van der Waals surface area contributed by atoms with Crippen LogP contribution in [0.2, 0.25) is 0 Å². The number of hydrogen-bond acceptors (Lipinski definition) is 7. The predicted molar refractivity (Wildman–Crippen MR) is 109 cm³/mol. The van der Waals surface area contributed by atoms with Crippen LogP contribution in [-0.2, 0) is 6.42 Å². The predicted octanol–water partition coefficient (Wildman–Crippen LogP) is 2.78. The van der Waals surface area contributed by atoms with Crippen LogP contribution in [0.4, 0.5) is 11.5 Å². The van der Waals surface area contributed by atoms with Gasteiger partial charge in [-0.2, -0.15) is 14.6 Å². The van der Waals surface area contributed by atoms with Crippen LogP contribution >= 0.6 is 0 Å². The SMILES string of the molecule is CCc1cc(N2CCC(Nc3cc(OC)cc(OC)c3)CC2)n2ncnc2n1. The standard InChI is InChI=1S/C20H26N6O2/c1-4-14-11-19(26-20(24-14)21-13-22-26)25-7-5-15(6-8-25)23-16-9-17(27-2)12-18(10-16)28-3/h9-13,15,23H,4-8H2,1-3H3. The lowest BCUT2D eigenvalue weighted by Crippen LogP contribution is -2.40. The fourth-order valence-electron chi connectivity index (χ4n) is 3.63. The molecule has 148 valence electrons. The second-order valence-electron chi connectivity index (χ2n) is 6.94. The van der Waals surface area contributed by atoms with Gasteiger partial charge in [0.1, 0.15) is 23.6 Å². The minimum Gasteiger partial charge on any atom is -0.497 e. The van der Waals surface area contributed by atoms with Crippen LogP contribution in [0.15, 0.2) is 30.6 Å². The van der Waals surface area contributed by atoms with Gasteiger partial charge in [-0.3, -0.25) is 0 Å². The summed E-state index contributed by atoms with van der Waals surface area (Å²) in [6.45, 7) is 4.00. The number of ether oxygens (including phenoxy) is 2. The van der Waals surface area contributed by atoms with Crippen molar-refractivity contribution in [1.82, 2.24) is 19.6 Å². The number of hydrogen-bond donors (Lipinski definition) is 1. The van der Waals surface area contributed by atoms with Crippen LogP contribution in [-0.4, -0.2) is 52.9 Å². The molecular weight excluding hydrogens is 356 g/mol. The summed E-state index contributed by atoms with van der Waals surface area (Å²) >= 11 is 0. The fraction of sp³-hybridized carbons (Fsp3) is 0.450. The number of nitrogens with one attached hydrogen (secondary N) is 1. The number of benzene rings is 1. The normalized spacial score (nSPS) is 15.0. The minimum absolute atomic E-state index is 0.395. The van der Waals surface area contributed by atoms with Crippen molar-refractivity contribution in [1.29, 1.82) is 0 Å². The fourth-order valence-corrected chi connectivity index (χ4v) is 3.63. The maximum Gasteiger partial charge on any atom is 0.254 e. The Morgan fingerprint density at radius 2 is 1.79 bits per heavy atom. The molecule has 0 bridgehead atoms. The molecule has 1 aliphatic heterocycles. The molecule has 8 nitrogen and oxygen atoms in total. The largest absolute Gasteiger partial charge is 0.497 e. The third-order valence-corrected chi connectivity index (χ3v) is 5.19. The Balaban J connectivity index is 1.46. The van der Waals surface area contributed by atoms with Crippen molar-refractivity contribution in [2.75, 3.05) is 37.5 Å². The lowest BCUT2D eigenvalue weighted by molar-refractivity contribution is 0.394. The summed E-state index contributed by atoms with van der Waals surface area (Å²) in [7, 11) is 3.34. The molecule has 1 saturated heterocycles. The highest BCUT2D eigenvalue weighted by molar-refractivity contribution is 5.55. The number of anilines is 2. The molecule has 1 aromatic carbocycles. The number of methoxy groups -OCH3 is 2. The molecule has 0 amide bonds. The number of fused-ring (bicyclic) bond motifs is 1. The zero-order valence-electron chi connectivity index (χ0n) is 16.6. The molecule has 0 spiro atoms. The third kappa shape index (κ3) is 3.67. The molecular formula is C20H26N6O2.